The van der Waals surface area contributed by atoms with Crippen LogP contribution in [0, 0.1) is 0 Å². The van der Waals surface area contributed by atoms with Crippen molar-refractivity contribution in [3.63, 3.8) is 0 Å². The van der Waals surface area contributed by atoms with Gasteiger partial charge in [-0.3, -0.25) is 0 Å². The number of hydrogen-bond acceptors (Lipinski definition) is 5. The Kier molecular flexibility index (Phi) is 2.40. The van der Waals surface area contributed by atoms with Crippen molar-refractivity contribution >= 4 is 17.3 Å². The quantitative estimate of drug-likeness (QED) is 0.868. The summed E-state index contributed by atoms with van der Waals surface area (Å²) < 4.78 is 1.44. The molecule has 17 heavy (non-hydrogen) atoms. The predicted octanol–water partition coefficient (Wildman–Crippen LogP) is 1.30. The first-order valence-corrected chi connectivity index (χ1v) is 6.20. The minimum absolute atomic E-state index is 0.0572. The summed E-state index contributed by atoms with van der Waals surface area (Å²) in [7, 11) is 0. The highest BCUT2D eigenvalue weighted by Crippen LogP contribution is 2.28. The molecule has 0 saturated heterocycles. The number of carboxylic acid groups (broad SMARTS) is 1. The van der Waals surface area contributed by atoms with Crippen molar-refractivity contribution in [2.75, 3.05) is 0 Å². The lowest BCUT2D eigenvalue weighted by Gasteiger charge is -2.06. The second-order valence-corrected chi connectivity index (χ2v) is 4.99. The molecule has 7 heteroatoms. The van der Waals surface area contributed by atoms with Gasteiger partial charge in [0, 0.05) is 4.88 Å². The molecule has 1 aliphatic rings. The number of aryl methyl sites for hydroxylation is 2. The van der Waals surface area contributed by atoms with Gasteiger partial charge in [-0.25, -0.2) is 9.78 Å². The molecule has 3 rings (SSSR count). The van der Waals surface area contributed by atoms with Gasteiger partial charge in [0.1, 0.15) is 0 Å². The first-order chi connectivity index (χ1) is 8.24. The highest BCUT2D eigenvalue weighted by molar-refractivity contribution is 7.14. The molecule has 0 atom stereocenters. The van der Waals surface area contributed by atoms with Crippen LogP contribution in [0.2, 0.25) is 0 Å². The number of thiazole rings is 1. The van der Waals surface area contributed by atoms with Gasteiger partial charge in [-0.05, 0) is 25.7 Å². The van der Waals surface area contributed by atoms with E-state index in [2.05, 4.69) is 15.3 Å². The normalized spacial score (nSPS) is 14.6. The van der Waals surface area contributed by atoms with Gasteiger partial charge in [-0.15, -0.1) is 5.10 Å². The third-order valence-electron chi connectivity index (χ3n) is 2.74. The van der Waals surface area contributed by atoms with Gasteiger partial charge < -0.3 is 5.11 Å². The Labute approximate surface area is 101 Å². The number of hydrogen-bond donors (Lipinski definition) is 1. The van der Waals surface area contributed by atoms with Gasteiger partial charge in [0.25, 0.3) is 0 Å². The maximum Gasteiger partial charge on any atom is 0.358 e. The first-order valence-electron chi connectivity index (χ1n) is 5.38. The average molecular weight is 250 g/mol. The number of rotatable bonds is 2. The zero-order chi connectivity index (χ0) is 11.8. The van der Waals surface area contributed by atoms with Crippen LogP contribution in [0.3, 0.4) is 0 Å². The van der Waals surface area contributed by atoms with Gasteiger partial charge in [0.05, 0.1) is 11.9 Å². The Morgan fingerprint density at radius 3 is 2.94 bits per heavy atom. The lowest BCUT2D eigenvalue weighted by atomic mass is 10.0. The molecule has 0 aliphatic heterocycles. The topological polar surface area (TPSA) is 80.9 Å². The zero-order valence-corrected chi connectivity index (χ0v) is 9.77. The molecule has 0 spiro atoms. The van der Waals surface area contributed by atoms with E-state index in [0.29, 0.717) is 5.13 Å². The van der Waals surface area contributed by atoms with E-state index in [1.807, 2.05) is 0 Å². The summed E-state index contributed by atoms with van der Waals surface area (Å²) in [4.78, 5) is 16.5. The standard InChI is InChI=1S/C10H10N4O2S/c15-9(16)7-5-14(13-12-7)10-11-6-3-1-2-4-8(6)17-10/h5H,1-4H2,(H,15,16). The van der Waals surface area contributed by atoms with Crippen molar-refractivity contribution < 1.29 is 9.90 Å². The number of carboxylic acids is 1. The van der Waals surface area contributed by atoms with Crippen molar-refractivity contribution in [3.8, 4) is 5.13 Å². The smallest absolute Gasteiger partial charge is 0.358 e. The van der Waals surface area contributed by atoms with E-state index in [0.717, 1.165) is 18.5 Å². The highest BCUT2D eigenvalue weighted by Gasteiger charge is 2.17. The minimum Gasteiger partial charge on any atom is -0.476 e. The minimum atomic E-state index is -1.07. The number of aromatic carboxylic acids is 1. The van der Waals surface area contributed by atoms with Crippen LogP contribution in [0.15, 0.2) is 6.20 Å². The van der Waals surface area contributed by atoms with Crippen molar-refractivity contribution in [1.82, 2.24) is 20.0 Å². The van der Waals surface area contributed by atoms with E-state index < -0.39 is 5.97 Å². The second kappa shape index (κ2) is 3.92. The van der Waals surface area contributed by atoms with E-state index in [1.165, 1.54) is 28.6 Å². The fourth-order valence-corrected chi connectivity index (χ4v) is 2.96. The summed E-state index contributed by atoms with van der Waals surface area (Å²) >= 11 is 1.57. The molecule has 0 saturated carbocycles. The van der Waals surface area contributed by atoms with Crippen LogP contribution in [0.5, 0.6) is 0 Å². The molecule has 0 aromatic carbocycles. The van der Waals surface area contributed by atoms with Crippen LogP contribution in [0.1, 0.15) is 33.9 Å². The van der Waals surface area contributed by atoms with E-state index in [-0.39, 0.29) is 5.69 Å². The van der Waals surface area contributed by atoms with Crippen LogP contribution >= 0.6 is 11.3 Å². The van der Waals surface area contributed by atoms with Crippen molar-refractivity contribution in [3.05, 3.63) is 22.5 Å². The van der Waals surface area contributed by atoms with Crippen molar-refractivity contribution in [2.24, 2.45) is 0 Å². The molecule has 1 aliphatic carbocycles. The summed E-state index contributed by atoms with van der Waals surface area (Å²) in [5, 5.41) is 16.8. The highest BCUT2D eigenvalue weighted by atomic mass is 32.1. The predicted molar refractivity (Wildman–Crippen MR) is 60.6 cm³/mol. The van der Waals surface area contributed by atoms with Crippen LogP contribution in [-0.4, -0.2) is 31.1 Å². The van der Waals surface area contributed by atoms with Gasteiger partial charge >= 0.3 is 5.97 Å². The van der Waals surface area contributed by atoms with Gasteiger partial charge in [-0.2, -0.15) is 4.68 Å². The Hall–Kier alpha value is -1.76. The summed E-state index contributed by atoms with van der Waals surface area (Å²) in [6.45, 7) is 0. The molecular formula is C10H10N4O2S. The SMILES string of the molecule is O=C(O)c1cn(-c2nc3c(s2)CCCC3)nn1. The van der Waals surface area contributed by atoms with E-state index in [1.54, 1.807) is 11.3 Å². The van der Waals surface area contributed by atoms with Gasteiger partial charge in [0.2, 0.25) is 5.13 Å². The van der Waals surface area contributed by atoms with Crippen LogP contribution in [0.4, 0.5) is 0 Å². The van der Waals surface area contributed by atoms with E-state index in [9.17, 15) is 4.79 Å². The monoisotopic (exact) mass is 250 g/mol. The number of nitrogens with zero attached hydrogens (tertiary/aromatic N) is 4. The molecule has 2 heterocycles. The Morgan fingerprint density at radius 2 is 2.24 bits per heavy atom. The lowest BCUT2D eigenvalue weighted by Crippen LogP contribution is -1.99. The maximum atomic E-state index is 10.7. The molecule has 0 radical (unpaired) electrons. The molecule has 1 N–H and O–H groups in total. The van der Waals surface area contributed by atoms with Gasteiger partial charge in [-0.1, -0.05) is 16.6 Å². The maximum absolute atomic E-state index is 10.7. The molecule has 0 unspecified atom stereocenters. The Balaban J connectivity index is 1.97. The summed E-state index contributed by atoms with van der Waals surface area (Å²) in [5.41, 5.74) is 1.07. The number of aromatic nitrogens is 4. The molecular weight excluding hydrogens is 240 g/mol. The second-order valence-electron chi connectivity index (χ2n) is 3.93. The fourth-order valence-electron chi connectivity index (χ4n) is 1.89. The summed E-state index contributed by atoms with van der Waals surface area (Å²) in [6, 6.07) is 0. The Morgan fingerprint density at radius 1 is 1.41 bits per heavy atom. The molecule has 0 bridgehead atoms. The largest absolute Gasteiger partial charge is 0.476 e. The molecule has 2 aromatic rings. The van der Waals surface area contributed by atoms with Crippen LogP contribution in [-0.2, 0) is 12.8 Å². The zero-order valence-electron chi connectivity index (χ0n) is 8.96. The summed E-state index contributed by atoms with van der Waals surface area (Å²) in [5.74, 6) is -1.07. The van der Waals surface area contributed by atoms with Crippen LogP contribution in [0.25, 0.3) is 5.13 Å². The van der Waals surface area contributed by atoms with E-state index >= 15 is 0 Å². The fraction of sp³-hybridized carbons (Fsp3) is 0.400. The third kappa shape index (κ3) is 1.82. The molecule has 0 fully saturated rings. The molecule has 2 aromatic heterocycles. The van der Waals surface area contributed by atoms with E-state index in [4.69, 9.17) is 5.11 Å². The Bertz CT molecular complexity index is 551. The third-order valence-corrected chi connectivity index (χ3v) is 3.89. The average Bonchev–Trinajstić information content (AvgIpc) is 2.95. The van der Waals surface area contributed by atoms with Crippen molar-refractivity contribution in [2.45, 2.75) is 25.7 Å². The first kappa shape index (κ1) is 10.4. The molecule has 6 nitrogen and oxygen atoms in total. The van der Waals surface area contributed by atoms with Gasteiger partial charge in [0.15, 0.2) is 5.69 Å². The number of fused-ring (bicyclic) bond motifs is 1. The molecule has 88 valence electrons. The molecule has 0 amide bonds. The summed E-state index contributed by atoms with van der Waals surface area (Å²) in [6.07, 6.45) is 5.84. The van der Waals surface area contributed by atoms with Crippen LogP contribution < -0.4 is 0 Å². The number of carbonyl (C=O) groups is 1. The lowest BCUT2D eigenvalue weighted by molar-refractivity contribution is 0.0690. The van der Waals surface area contributed by atoms with Crippen molar-refractivity contribution in [1.29, 1.82) is 0 Å².